The lowest BCUT2D eigenvalue weighted by Crippen LogP contribution is -2.16. The highest BCUT2D eigenvalue weighted by Crippen LogP contribution is 2.15. The molecule has 0 unspecified atom stereocenters. The standard InChI is InChI=1S/C12H19N/c1-4-12(8-7-11(2)3)13-9-5-6-10-13/h4,7-8H,1,5-6,9-10H2,2-3H3/b12-8+. The van der Waals surface area contributed by atoms with Gasteiger partial charge in [0.05, 0.1) is 0 Å². The number of nitrogens with zero attached hydrogens (tertiary/aromatic N) is 1. The van der Waals surface area contributed by atoms with Gasteiger partial charge < -0.3 is 4.90 Å². The number of allylic oxidation sites excluding steroid dienone is 4. The van der Waals surface area contributed by atoms with Crippen LogP contribution in [0.4, 0.5) is 0 Å². The van der Waals surface area contributed by atoms with Gasteiger partial charge in [-0.1, -0.05) is 18.2 Å². The molecule has 0 bridgehead atoms. The van der Waals surface area contributed by atoms with E-state index in [1.165, 1.54) is 37.2 Å². The predicted molar refractivity (Wildman–Crippen MR) is 58.5 cm³/mol. The van der Waals surface area contributed by atoms with E-state index in [1.807, 2.05) is 6.08 Å². The maximum atomic E-state index is 3.84. The van der Waals surface area contributed by atoms with Crippen LogP contribution in [0.2, 0.25) is 0 Å². The molecule has 1 aliphatic rings. The summed E-state index contributed by atoms with van der Waals surface area (Å²) in [5, 5.41) is 0. The molecular formula is C12H19N. The smallest absolute Gasteiger partial charge is 0.0360 e. The molecule has 0 aromatic carbocycles. The first-order chi connectivity index (χ1) is 6.24. The van der Waals surface area contributed by atoms with Crippen molar-refractivity contribution >= 4 is 0 Å². The van der Waals surface area contributed by atoms with Crippen molar-refractivity contribution in [2.24, 2.45) is 0 Å². The van der Waals surface area contributed by atoms with Crippen LogP contribution >= 0.6 is 0 Å². The van der Waals surface area contributed by atoms with Crippen LogP contribution in [0.3, 0.4) is 0 Å². The van der Waals surface area contributed by atoms with Crippen LogP contribution in [-0.2, 0) is 0 Å². The average molecular weight is 177 g/mol. The van der Waals surface area contributed by atoms with Gasteiger partial charge in [-0.15, -0.1) is 0 Å². The van der Waals surface area contributed by atoms with Crippen molar-refractivity contribution in [3.63, 3.8) is 0 Å². The number of likely N-dealkylation sites (tertiary alicyclic amines) is 1. The van der Waals surface area contributed by atoms with E-state index in [4.69, 9.17) is 0 Å². The highest BCUT2D eigenvalue weighted by Gasteiger charge is 2.11. The fraction of sp³-hybridized carbons (Fsp3) is 0.500. The number of hydrogen-bond donors (Lipinski definition) is 0. The van der Waals surface area contributed by atoms with Crippen LogP contribution < -0.4 is 0 Å². The Morgan fingerprint density at radius 1 is 1.15 bits per heavy atom. The summed E-state index contributed by atoms with van der Waals surface area (Å²) in [6.07, 6.45) is 8.90. The Hall–Kier alpha value is -0.980. The molecule has 0 radical (unpaired) electrons. The van der Waals surface area contributed by atoms with Crippen molar-refractivity contribution in [1.29, 1.82) is 0 Å². The normalized spacial score (nSPS) is 17.4. The minimum absolute atomic E-state index is 1.19. The third-order valence-electron chi connectivity index (χ3n) is 2.27. The second-order valence-corrected chi connectivity index (χ2v) is 3.73. The maximum Gasteiger partial charge on any atom is 0.0360 e. The zero-order valence-corrected chi connectivity index (χ0v) is 8.71. The van der Waals surface area contributed by atoms with Crippen LogP contribution in [-0.4, -0.2) is 18.0 Å². The number of rotatable bonds is 3. The molecule has 0 aromatic heterocycles. The molecule has 0 spiro atoms. The van der Waals surface area contributed by atoms with Gasteiger partial charge in [0.25, 0.3) is 0 Å². The molecule has 1 nitrogen and oxygen atoms in total. The fourth-order valence-corrected chi connectivity index (χ4v) is 1.53. The maximum absolute atomic E-state index is 3.84. The lowest BCUT2D eigenvalue weighted by Gasteiger charge is -2.17. The highest BCUT2D eigenvalue weighted by molar-refractivity contribution is 5.23. The quantitative estimate of drug-likeness (QED) is 0.599. The molecular weight excluding hydrogens is 158 g/mol. The van der Waals surface area contributed by atoms with Gasteiger partial charge in [-0.05, 0) is 38.8 Å². The molecule has 0 atom stereocenters. The van der Waals surface area contributed by atoms with E-state index in [1.54, 1.807) is 0 Å². The van der Waals surface area contributed by atoms with Crippen LogP contribution in [0, 0.1) is 0 Å². The predicted octanol–water partition coefficient (Wildman–Crippen LogP) is 3.12. The molecule has 0 amide bonds. The summed E-state index contributed by atoms with van der Waals surface area (Å²) < 4.78 is 0. The molecule has 0 aliphatic carbocycles. The Morgan fingerprint density at radius 3 is 2.23 bits per heavy atom. The Balaban J connectivity index is 2.65. The summed E-state index contributed by atoms with van der Waals surface area (Å²) in [6.45, 7) is 10.4. The largest absolute Gasteiger partial charge is 0.372 e. The summed E-state index contributed by atoms with van der Waals surface area (Å²) in [5.74, 6) is 0. The molecule has 0 N–H and O–H groups in total. The highest BCUT2D eigenvalue weighted by atomic mass is 15.1. The van der Waals surface area contributed by atoms with Gasteiger partial charge in [0.2, 0.25) is 0 Å². The van der Waals surface area contributed by atoms with E-state index in [2.05, 4.69) is 37.5 Å². The van der Waals surface area contributed by atoms with Crippen LogP contribution in [0.25, 0.3) is 0 Å². The van der Waals surface area contributed by atoms with E-state index in [9.17, 15) is 0 Å². The molecule has 0 aromatic rings. The minimum atomic E-state index is 1.19. The second kappa shape index (κ2) is 4.90. The fourth-order valence-electron chi connectivity index (χ4n) is 1.53. The van der Waals surface area contributed by atoms with E-state index in [0.29, 0.717) is 0 Å². The topological polar surface area (TPSA) is 3.24 Å². The van der Waals surface area contributed by atoms with Gasteiger partial charge in [-0.2, -0.15) is 0 Å². The van der Waals surface area contributed by atoms with Crippen molar-refractivity contribution in [3.05, 3.63) is 36.1 Å². The molecule has 1 heterocycles. The first kappa shape index (κ1) is 10.1. The van der Waals surface area contributed by atoms with Gasteiger partial charge >= 0.3 is 0 Å². The zero-order valence-electron chi connectivity index (χ0n) is 8.71. The van der Waals surface area contributed by atoms with Gasteiger partial charge in [-0.3, -0.25) is 0 Å². The summed E-state index contributed by atoms with van der Waals surface area (Å²) in [5.41, 5.74) is 2.59. The van der Waals surface area contributed by atoms with Crippen molar-refractivity contribution in [2.75, 3.05) is 13.1 Å². The van der Waals surface area contributed by atoms with Crippen molar-refractivity contribution in [2.45, 2.75) is 26.7 Å². The summed E-state index contributed by atoms with van der Waals surface area (Å²) in [6, 6.07) is 0. The lowest BCUT2D eigenvalue weighted by molar-refractivity contribution is 0.441. The first-order valence-corrected chi connectivity index (χ1v) is 4.96. The van der Waals surface area contributed by atoms with Gasteiger partial charge in [0, 0.05) is 18.8 Å². The molecule has 72 valence electrons. The molecule has 1 saturated heterocycles. The first-order valence-electron chi connectivity index (χ1n) is 4.96. The molecule has 1 fully saturated rings. The van der Waals surface area contributed by atoms with E-state index in [0.717, 1.165) is 0 Å². The Labute approximate surface area is 81.4 Å². The van der Waals surface area contributed by atoms with Crippen LogP contribution in [0.15, 0.2) is 36.1 Å². The van der Waals surface area contributed by atoms with Crippen molar-refractivity contribution < 1.29 is 0 Å². The summed E-state index contributed by atoms with van der Waals surface area (Å²) in [7, 11) is 0. The third kappa shape index (κ3) is 3.10. The van der Waals surface area contributed by atoms with Crippen molar-refractivity contribution in [1.82, 2.24) is 4.90 Å². The monoisotopic (exact) mass is 177 g/mol. The second-order valence-electron chi connectivity index (χ2n) is 3.73. The van der Waals surface area contributed by atoms with Crippen molar-refractivity contribution in [3.8, 4) is 0 Å². The Kier molecular flexibility index (Phi) is 3.81. The Morgan fingerprint density at radius 2 is 1.77 bits per heavy atom. The zero-order chi connectivity index (χ0) is 9.68. The Bertz CT molecular complexity index is 226. The third-order valence-corrected chi connectivity index (χ3v) is 2.27. The van der Waals surface area contributed by atoms with E-state index in [-0.39, 0.29) is 0 Å². The van der Waals surface area contributed by atoms with Gasteiger partial charge in [-0.25, -0.2) is 0 Å². The van der Waals surface area contributed by atoms with Crippen LogP contribution in [0.1, 0.15) is 26.7 Å². The molecule has 1 rings (SSSR count). The van der Waals surface area contributed by atoms with Crippen LogP contribution in [0.5, 0.6) is 0 Å². The van der Waals surface area contributed by atoms with E-state index < -0.39 is 0 Å². The molecule has 1 aliphatic heterocycles. The minimum Gasteiger partial charge on any atom is -0.372 e. The average Bonchev–Trinajstić information content (AvgIpc) is 2.58. The van der Waals surface area contributed by atoms with Gasteiger partial charge in [0.1, 0.15) is 0 Å². The summed E-state index contributed by atoms with van der Waals surface area (Å²) in [4.78, 5) is 2.40. The summed E-state index contributed by atoms with van der Waals surface area (Å²) >= 11 is 0. The van der Waals surface area contributed by atoms with Gasteiger partial charge in [0.15, 0.2) is 0 Å². The molecule has 1 heteroatoms. The SMILES string of the molecule is C=C/C(=C\C=C(C)C)N1CCCC1. The molecule has 0 saturated carbocycles. The lowest BCUT2D eigenvalue weighted by atomic mass is 10.2. The molecule has 13 heavy (non-hydrogen) atoms. The number of hydrogen-bond acceptors (Lipinski definition) is 1. The van der Waals surface area contributed by atoms with E-state index >= 15 is 0 Å².